The first-order valence-electron chi connectivity index (χ1n) is 9.78. The van der Waals surface area contributed by atoms with Gasteiger partial charge < -0.3 is 9.15 Å². The van der Waals surface area contributed by atoms with E-state index < -0.39 is 10.0 Å². The Labute approximate surface area is 180 Å². The monoisotopic (exact) mass is 433 g/mol. The first kappa shape index (κ1) is 19.5. The third-order valence-electron chi connectivity index (χ3n) is 5.23. The lowest BCUT2D eigenvalue weighted by molar-refractivity contribution is 0.343. The van der Waals surface area contributed by atoms with Crippen molar-refractivity contribution in [2.45, 2.75) is 17.9 Å². The third kappa shape index (κ3) is 3.95. The first-order valence-corrected chi connectivity index (χ1v) is 11.2. The number of fused-ring (bicyclic) bond motifs is 1. The van der Waals surface area contributed by atoms with Crippen LogP contribution >= 0.6 is 0 Å². The Kier molecular flexibility index (Phi) is 5.01. The van der Waals surface area contributed by atoms with Gasteiger partial charge in [-0.1, -0.05) is 12.1 Å². The van der Waals surface area contributed by atoms with Crippen molar-refractivity contribution < 1.29 is 17.6 Å². The van der Waals surface area contributed by atoms with Crippen molar-refractivity contribution in [1.82, 2.24) is 14.3 Å². The number of hydrogen-bond acceptors (Lipinski definition) is 6. The number of nitrogens with zero attached hydrogens (tertiary/aromatic N) is 3. The van der Waals surface area contributed by atoms with Crippen molar-refractivity contribution in [1.29, 1.82) is 0 Å². The average Bonchev–Trinajstić information content (AvgIpc) is 3.29. The van der Waals surface area contributed by atoms with Crippen LogP contribution in [0.4, 0.5) is 0 Å². The predicted octanol–water partition coefficient (Wildman–Crippen LogP) is 4.28. The van der Waals surface area contributed by atoms with Crippen LogP contribution in [0.1, 0.15) is 11.3 Å². The van der Waals surface area contributed by atoms with Gasteiger partial charge >= 0.3 is 0 Å². The molecule has 5 rings (SSSR count). The second-order valence-corrected chi connectivity index (χ2v) is 9.12. The molecule has 0 saturated heterocycles. The van der Waals surface area contributed by atoms with Gasteiger partial charge in [0.15, 0.2) is 0 Å². The number of furan rings is 1. The summed E-state index contributed by atoms with van der Waals surface area (Å²) in [6, 6.07) is 15.9. The fourth-order valence-corrected chi connectivity index (χ4v) is 4.94. The van der Waals surface area contributed by atoms with Gasteiger partial charge in [-0.2, -0.15) is 4.31 Å². The highest BCUT2D eigenvalue weighted by Gasteiger charge is 2.29. The molecule has 0 bridgehead atoms. The van der Waals surface area contributed by atoms with Gasteiger partial charge in [-0.05, 0) is 60.0 Å². The molecule has 2 aromatic heterocycles. The van der Waals surface area contributed by atoms with E-state index in [-0.39, 0.29) is 11.4 Å². The van der Waals surface area contributed by atoms with Crippen LogP contribution in [0.15, 0.2) is 88.9 Å². The number of ether oxygens (including phenoxy) is 1. The van der Waals surface area contributed by atoms with Gasteiger partial charge in [0.2, 0.25) is 10.0 Å². The normalized spacial score (nSPS) is 14.2. The Bertz CT molecular complexity index is 1280. The summed E-state index contributed by atoms with van der Waals surface area (Å²) in [4.78, 5) is 8.27. The average molecular weight is 433 g/mol. The van der Waals surface area contributed by atoms with Crippen LogP contribution in [0.2, 0.25) is 0 Å². The smallest absolute Gasteiger partial charge is 0.243 e. The van der Waals surface area contributed by atoms with Gasteiger partial charge in [0.1, 0.15) is 23.6 Å². The van der Waals surface area contributed by atoms with E-state index in [4.69, 9.17) is 9.15 Å². The molecule has 1 aliphatic rings. The van der Waals surface area contributed by atoms with Gasteiger partial charge in [-0.15, -0.1) is 0 Å². The maximum absolute atomic E-state index is 13.0. The molecular weight excluding hydrogens is 414 g/mol. The summed E-state index contributed by atoms with van der Waals surface area (Å²) in [5, 5.41) is 0. The minimum absolute atomic E-state index is 0.231. The Morgan fingerprint density at radius 1 is 0.871 bits per heavy atom. The van der Waals surface area contributed by atoms with Crippen LogP contribution in [-0.4, -0.2) is 29.2 Å². The standard InChI is InChI=1S/C23H19N3O4S/c27-31(28,26-11-9-18-10-12-29-23(18)15-26)22-7-5-21(6-8-22)30-20-3-1-17(2-4-20)19-13-24-16-25-14-19/h1-8,10,12-14,16H,9,11,15H2. The van der Waals surface area contributed by atoms with E-state index >= 15 is 0 Å². The van der Waals surface area contributed by atoms with E-state index in [9.17, 15) is 8.42 Å². The summed E-state index contributed by atoms with van der Waals surface area (Å²) < 4.78 is 38.7. The molecule has 0 fully saturated rings. The van der Waals surface area contributed by atoms with Gasteiger partial charge in [0, 0.05) is 24.5 Å². The topological polar surface area (TPSA) is 85.5 Å². The molecule has 0 radical (unpaired) electrons. The fraction of sp³-hybridized carbons (Fsp3) is 0.130. The molecule has 4 aromatic rings. The summed E-state index contributed by atoms with van der Waals surface area (Å²) in [7, 11) is -3.60. The molecular formula is C23H19N3O4S. The molecule has 0 spiro atoms. The zero-order valence-electron chi connectivity index (χ0n) is 16.5. The number of aromatic nitrogens is 2. The fourth-order valence-electron chi connectivity index (χ4n) is 3.55. The summed E-state index contributed by atoms with van der Waals surface area (Å²) in [6.45, 7) is 0.688. The van der Waals surface area contributed by atoms with Crippen molar-refractivity contribution in [2.75, 3.05) is 6.54 Å². The Hall–Kier alpha value is -3.49. The highest BCUT2D eigenvalue weighted by molar-refractivity contribution is 7.89. The lowest BCUT2D eigenvalue weighted by Gasteiger charge is -2.25. The largest absolute Gasteiger partial charge is 0.468 e. The molecule has 1 aliphatic heterocycles. The van der Waals surface area contributed by atoms with E-state index in [0.717, 1.165) is 16.7 Å². The Morgan fingerprint density at radius 3 is 2.26 bits per heavy atom. The van der Waals surface area contributed by atoms with E-state index in [1.54, 1.807) is 42.9 Å². The molecule has 0 unspecified atom stereocenters. The van der Waals surface area contributed by atoms with Gasteiger partial charge in [-0.25, -0.2) is 18.4 Å². The number of benzene rings is 2. The van der Waals surface area contributed by atoms with Crippen LogP contribution in [0, 0.1) is 0 Å². The molecule has 7 nitrogen and oxygen atoms in total. The molecule has 0 saturated carbocycles. The minimum atomic E-state index is -3.60. The number of sulfonamides is 1. The third-order valence-corrected chi connectivity index (χ3v) is 7.09. The highest BCUT2D eigenvalue weighted by atomic mass is 32.2. The maximum Gasteiger partial charge on any atom is 0.243 e. The highest BCUT2D eigenvalue weighted by Crippen LogP contribution is 2.29. The molecule has 8 heteroatoms. The molecule has 156 valence electrons. The maximum atomic E-state index is 13.0. The molecule has 31 heavy (non-hydrogen) atoms. The van der Waals surface area contributed by atoms with E-state index in [0.29, 0.717) is 30.2 Å². The van der Waals surface area contributed by atoms with Gasteiger partial charge in [0.25, 0.3) is 0 Å². The van der Waals surface area contributed by atoms with Crippen molar-refractivity contribution in [2.24, 2.45) is 0 Å². The van der Waals surface area contributed by atoms with Crippen LogP contribution < -0.4 is 4.74 Å². The van der Waals surface area contributed by atoms with Gasteiger partial charge in [-0.3, -0.25) is 0 Å². The minimum Gasteiger partial charge on any atom is -0.468 e. The van der Waals surface area contributed by atoms with Crippen LogP contribution in [-0.2, 0) is 23.0 Å². The van der Waals surface area contributed by atoms with E-state index in [2.05, 4.69) is 9.97 Å². The SMILES string of the molecule is O=S(=O)(c1ccc(Oc2ccc(-c3cncnc3)cc2)cc1)N1CCc2ccoc2C1. The first-order chi connectivity index (χ1) is 15.1. The number of rotatable bonds is 5. The van der Waals surface area contributed by atoms with Crippen molar-refractivity contribution >= 4 is 10.0 Å². The molecule has 0 N–H and O–H groups in total. The zero-order valence-corrected chi connectivity index (χ0v) is 17.3. The summed E-state index contributed by atoms with van der Waals surface area (Å²) in [6.07, 6.45) is 7.24. The lowest BCUT2D eigenvalue weighted by atomic mass is 10.1. The summed E-state index contributed by atoms with van der Waals surface area (Å²) in [5.74, 6) is 1.92. The van der Waals surface area contributed by atoms with Crippen molar-refractivity contribution in [3.63, 3.8) is 0 Å². The molecule has 0 atom stereocenters. The zero-order chi connectivity index (χ0) is 21.3. The van der Waals surface area contributed by atoms with Crippen molar-refractivity contribution in [3.05, 3.63) is 90.9 Å². The Morgan fingerprint density at radius 2 is 1.55 bits per heavy atom. The van der Waals surface area contributed by atoms with Crippen LogP contribution in [0.3, 0.4) is 0 Å². The van der Waals surface area contributed by atoms with Gasteiger partial charge in [0.05, 0.1) is 17.7 Å². The van der Waals surface area contributed by atoms with Crippen LogP contribution in [0.25, 0.3) is 11.1 Å². The predicted molar refractivity (Wildman–Crippen MR) is 114 cm³/mol. The summed E-state index contributed by atoms with van der Waals surface area (Å²) >= 11 is 0. The molecule has 0 amide bonds. The van der Waals surface area contributed by atoms with Crippen LogP contribution in [0.5, 0.6) is 11.5 Å². The second kappa shape index (κ2) is 7.98. The quantitative estimate of drug-likeness (QED) is 0.467. The molecule has 2 aromatic carbocycles. The lowest BCUT2D eigenvalue weighted by Crippen LogP contribution is -2.35. The van der Waals surface area contributed by atoms with Crippen molar-refractivity contribution in [3.8, 4) is 22.6 Å². The summed E-state index contributed by atoms with van der Waals surface area (Å²) in [5.41, 5.74) is 2.97. The van der Waals surface area contributed by atoms with E-state index in [1.165, 1.54) is 10.6 Å². The van der Waals surface area contributed by atoms with E-state index in [1.807, 2.05) is 30.3 Å². The Balaban J connectivity index is 1.29. The molecule has 3 heterocycles. The second-order valence-electron chi connectivity index (χ2n) is 7.18. The molecule has 0 aliphatic carbocycles. The number of hydrogen-bond donors (Lipinski definition) is 0.